The van der Waals surface area contributed by atoms with Crippen molar-refractivity contribution in [1.29, 1.82) is 0 Å². The van der Waals surface area contributed by atoms with Crippen LogP contribution in [-0.4, -0.2) is 6.71 Å². The van der Waals surface area contributed by atoms with Crippen molar-refractivity contribution in [2.24, 2.45) is 0 Å². The Kier molecular flexibility index (Phi) is 9.13. The summed E-state index contributed by atoms with van der Waals surface area (Å²) in [6, 6.07) is 36.7. The van der Waals surface area contributed by atoms with Crippen molar-refractivity contribution >= 4 is 23.1 Å². The lowest BCUT2D eigenvalue weighted by atomic mass is 9.36. The number of nitrogens with zero attached hydrogens (tertiary/aromatic N) is 1. The van der Waals surface area contributed by atoms with E-state index < -0.39 is 0 Å². The van der Waals surface area contributed by atoms with Crippen LogP contribution in [0.4, 0.5) is 0 Å². The first-order valence-corrected chi connectivity index (χ1v) is 11.4. The summed E-state index contributed by atoms with van der Waals surface area (Å²) >= 11 is 0. The van der Waals surface area contributed by atoms with Gasteiger partial charge in [-0.1, -0.05) is 126 Å². The molecule has 31 heavy (non-hydrogen) atoms. The molecule has 0 N–H and O–H groups in total. The van der Waals surface area contributed by atoms with Crippen LogP contribution < -0.4 is 21.0 Å². The highest BCUT2D eigenvalue weighted by atomic mass is 14.9. The molecule has 1 aromatic heterocycles. The van der Waals surface area contributed by atoms with E-state index in [-0.39, 0.29) is 0 Å². The van der Waals surface area contributed by atoms with Gasteiger partial charge in [0.1, 0.15) is 6.54 Å². The summed E-state index contributed by atoms with van der Waals surface area (Å²) in [7, 11) is 0. The maximum atomic E-state index is 2.30. The highest BCUT2D eigenvalue weighted by molar-refractivity contribution is 6.95. The van der Waals surface area contributed by atoms with Crippen molar-refractivity contribution in [2.45, 2.75) is 39.7 Å². The van der Waals surface area contributed by atoms with Gasteiger partial charge in [-0.3, -0.25) is 0 Å². The molecule has 0 aliphatic rings. The van der Waals surface area contributed by atoms with Gasteiger partial charge in [0, 0.05) is 12.1 Å². The lowest BCUT2D eigenvalue weighted by molar-refractivity contribution is -0.693. The summed E-state index contributed by atoms with van der Waals surface area (Å²) in [4.78, 5) is 0. The lowest BCUT2D eigenvalue weighted by Gasteiger charge is -2.19. The summed E-state index contributed by atoms with van der Waals surface area (Å²) < 4.78 is 2.12. The Hall–Kier alpha value is -3.13. The molecule has 156 valence electrons. The van der Waals surface area contributed by atoms with Crippen molar-refractivity contribution in [2.75, 3.05) is 0 Å². The molecule has 0 amide bonds. The van der Waals surface area contributed by atoms with E-state index >= 15 is 0 Å². The molecule has 0 fully saturated rings. The number of aromatic nitrogens is 1. The molecule has 0 radical (unpaired) electrons. The van der Waals surface area contributed by atoms with Crippen LogP contribution in [0.5, 0.6) is 0 Å². The van der Waals surface area contributed by atoms with E-state index in [9.17, 15) is 0 Å². The number of rotatable bonds is 7. The lowest BCUT2D eigenvalue weighted by Crippen LogP contribution is -2.53. The highest BCUT2D eigenvalue weighted by Crippen LogP contribution is 2.05. The standard InChI is InChI=1S/C22H23B.C7H10N/c1-2-3-12-19-13-10-11-18-22(19)23(20-14-6-4-7-15-20)21-16-8-5-9-17-21;1-2-8-6-4-3-5-7-8/h4-11,13-18H,2-3,12H2,1H3;3-7H,2H2,1H3/q;+1. The van der Waals surface area contributed by atoms with E-state index in [0.717, 1.165) is 13.0 Å². The maximum absolute atomic E-state index is 2.30. The van der Waals surface area contributed by atoms with Gasteiger partial charge in [-0.15, -0.1) is 0 Å². The average Bonchev–Trinajstić information content (AvgIpc) is 2.86. The monoisotopic (exact) mass is 406 g/mol. The second-order valence-electron chi connectivity index (χ2n) is 7.76. The number of hydrogen-bond acceptors (Lipinski definition) is 0. The largest absolute Gasteiger partial charge is 0.241 e. The molecule has 1 heterocycles. The van der Waals surface area contributed by atoms with Gasteiger partial charge in [0.05, 0.1) is 0 Å². The molecule has 4 aromatic rings. The number of pyridine rings is 1. The van der Waals surface area contributed by atoms with E-state index in [1.54, 1.807) is 0 Å². The molecule has 2 heteroatoms. The molecule has 0 atom stereocenters. The van der Waals surface area contributed by atoms with Gasteiger partial charge >= 0.3 is 0 Å². The summed E-state index contributed by atoms with van der Waals surface area (Å²) in [5.41, 5.74) is 5.65. The molecular weight excluding hydrogens is 373 g/mol. The van der Waals surface area contributed by atoms with Crippen LogP contribution in [0.2, 0.25) is 0 Å². The minimum absolute atomic E-state index is 0.311. The summed E-state index contributed by atoms with van der Waals surface area (Å²) in [6.45, 7) is 5.75. The molecule has 0 unspecified atom stereocenters. The molecule has 0 saturated heterocycles. The predicted molar refractivity (Wildman–Crippen MR) is 135 cm³/mol. The normalized spacial score (nSPS) is 10.1. The Balaban J connectivity index is 0.000000287. The van der Waals surface area contributed by atoms with E-state index in [4.69, 9.17) is 0 Å². The quantitative estimate of drug-likeness (QED) is 0.313. The average molecular weight is 406 g/mol. The molecule has 0 spiro atoms. The minimum atomic E-state index is 0.311. The minimum Gasteiger partial charge on any atom is -0.205 e. The van der Waals surface area contributed by atoms with E-state index in [0.29, 0.717) is 6.71 Å². The molecule has 4 rings (SSSR count). The highest BCUT2D eigenvalue weighted by Gasteiger charge is 2.23. The second-order valence-corrected chi connectivity index (χ2v) is 7.76. The first-order valence-electron chi connectivity index (χ1n) is 11.4. The van der Waals surface area contributed by atoms with Gasteiger partial charge < -0.3 is 0 Å². The summed E-state index contributed by atoms with van der Waals surface area (Å²) in [6.07, 6.45) is 7.74. The summed E-state index contributed by atoms with van der Waals surface area (Å²) in [5, 5.41) is 0. The fraction of sp³-hybridized carbons (Fsp3) is 0.207. The Morgan fingerprint density at radius 2 is 1.13 bits per heavy atom. The van der Waals surface area contributed by atoms with Gasteiger partial charge in [-0.2, -0.15) is 0 Å². The first-order chi connectivity index (χ1) is 15.3. The third-order valence-electron chi connectivity index (χ3n) is 5.57. The molecule has 0 aliphatic heterocycles. The maximum Gasteiger partial charge on any atom is 0.241 e. The predicted octanol–water partition coefficient (Wildman–Crippen LogP) is 4.54. The molecule has 3 aromatic carbocycles. The molecule has 0 aliphatic carbocycles. The van der Waals surface area contributed by atoms with Crippen LogP contribution in [0, 0.1) is 0 Å². The Bertz CT molecular complexity index is 961. The molecular formula is C29H33BN+. The van der Waals surface area contributed by atoms with Crippen LogP contribution in [0.25, 0.3) is 0 Å². The third-order valence-corrected chi connectivity index (χ3v) is 5.57. The van der Waals surface area contributed by atoms with Crippen molar-refractivity contribution in [3.63, 3.8) is 0 Å². The Labute approximate surface area is 188 Å². The molecule has 0 saturated carbocycles. The van der Waals surface area contributed by atoms with E-state index in [2.05, 4.69) is 116 Å². The van der Waals surface area contributed by atoms with E-state index in [1.165, 1.54) is 34.8 Å². The third kappa shape index (κ3) is 6.69. The zero-order valence-corrected chi connectivity index (χ0v) is 18.8. The fourth-order valence-corrected chi connectivity index (χ4v) is 3.90. The summed E-state index contributed by atoms with van der Waals surface area (Å²) in [5.74, 6) is 0. The van der Waals surface area contributed by atoms with Gasteiger partial charge in [-0.05, 0) is 19.8 Å². The number of aryl methyl sites for hydroxylation is 2. The zero-order valence-electron chi connectivity index (χ0n) is 18.8. The number of unbranched alkanes of at least 4 members (excludes halogenated alkanes) is 1. The van der Waals surface area contributed by atoms with E-state index in [1.807, 2.05) is 18.2 Å². The topological polar surface area (TPSA) is 3.88 Å². The van der Waals surface area contributed by atoms with Crippen molar-refractivity contribution in [3.05, 3.63) is 121 Å². The van der Waals surface area contributed by atoms with Gasteiger partial charge in [-0.25, -0.2) is 4.57 Å². The van der Waals surface area contributed by atoms with Crippen LogP contribution >= 0.6 is 0 Å². The SMILES string of the molecule is CCCCc1ccccc1B(c1ccccc1)c1ccccc1.CC[n+]1ccccc1. The Morgan fingerprint density at radius 1 is 0.613 bits per heavy atom. The Morgan fingerprint density at radius 3 is 1.65 bits per heavy atom. The molecule has 0 bridgehead atoms. The van der Waals surface area contributed by atoms with Crippen molar-refractivity contribution in [1.82, 2.24) is 0 Å². The smallest absolute Gasteiger partial charge is 0.205 e. The van der Waals surface area contributed by atoms with Gasteiger partial charge in [0.15, 0.2) is 12.4 Å². The number of benzene rings is 3. The van der Waals surface area contributed by atoms with Gasteiger partial charge in [0.2, 0.25) is 6.71 Å². The van der Waals surface area contributed by atoms with Crippen molar-refractivity contribution < 1.29 is 4.57 Å². The van der Waals surface area contributed by atoms with Crippen LogP contribution in [-0.2, 0) is 13.0 Å². The fourth-order valence-electron chi connectivity index (χ4n) is 3.90. The molecule has 1 nitrogen and oxygen atoms in total. The number of hydrogen-bond donors (Lipinski definition) is 0. The van der Waals surface area contributed by atoms with Crippen LogP contribution in [0.3, 0.4) is 0 Å². The first kappa shape index (κ1) is 22.6. The van der Waals surface area contributed by atoms with Crippen molar-refractivity contribution in [3.8, 4) is 0 Å². The van der Waals surface area contributed by atoms with Crippen LogP contribution in [0.1, 0.15) is 32.3 Å². The second kappa shape index (κ2) is 12.5. The van der Waals surface area contributed by atoms with Crippen LogP contribution in [0.15, 0.2) is 116 Å². The zero-order chi connectivity index (χ0) is 21.7. The van der Waals surface area contributed by atoms with Gasteiger partial charge in [0.25, 0.3) is 0 Å².